The standard InChI is InChI=1S/C39H36ClN5/c40-35-21-19-31(20-22-35)38(37-18-10-11-23-41-37)44-26-24-43(25-27-44)28-36-29-45(30-42-36)39(32-12-4-1-5-13-32,33-14-6-2-7-15-33)34-16-8-3-9-17-34/h1-23,29-30,38H,24-28H2. The van der Waals surface area contributed by atoms with Crippen molar-refractivity contribution in [2.24, 2.45) is 0 Å². The molecule has 0 aliphatic carbocycles. The minimum absolute atomic E-state index is 0.0908. The van der Waals surface area contributed by atoms with Crippen molar-refractivity contribution in [1.29, 1.82) is 0 Å². The molecule has 3 heterocycles. The fraction of sp³-hybridized carbons (Fsp3) is 0.179. The van der Waals surface area contributed by atoms with E-state index in [1.807, 2.05) is 30.7 Å². The average Bonchev–Trinajstić information content (AvgIpc) is 3.57. The van der Waals surface area contributed by atoms with E-state index in [9.17, 15) is 0 Å². The van der Waals surface area contributed by atoms with Crippen molar-refractivity contribution in [3.8, 4) is 0 Å². The molecule has 1 aliphatic rings. The summed E-state index contributed by atoms with van der Waals surface area (Å²) < 4.78 is 2.30. The van der Waals surface area contributed by atoms with Crippen LogP contribution in [0.3, 0.4) is 0 Å². The summed E-state index contributed by atoms with van der Waals surface area (Å²) in [6.07, 6.45) is 6.13. The molecular formula is C39H36ClN5. The molecule has 7 rings (SSSR count). The summed E-state index contributed by atoms with van der Waals surface area (Å²) in [5.74, 6) is 0. The van der Waals surface area contributed by atoms with E-state index in [4.69, 9.17) is 21.6 Å². The molecule has 0 radical (unpaired) electrons. The molecule has 45 heavy (non-hydrogen) atoms. The van der Waals surface area contributed by atoms with Crippen LogP contribution >= 0.6 is 11.6 Å². The zero-order chi connectivity index (χ0) is 30.5. The molecule has 224 valence electrons. The van der Waals surface area contributed by atoms with Crippen molar-refractivity contribution in [2.45, 2.75) is 18.1 Å². The van der Waals surface area contributed by atoms with Gasteiger partial charge >= 0.3 is 0 Å². The summed E-state index contributed by atoms with van der Waals surface area (Å²) in [4.78, 5) is 14.8. The second-order valence-electron chi connectivity index (χ2n) is 11.6. The molecule has 0 spiro atoms. The minimum atomic E-state index is -0.553. The van der Waals surface area contributed by atoms with E-state index in [-0.39, 0.29) is 6.04 Å². The highest BCUT2D eigenvalue weighted by atomic mass is 35.5. The Balaban J connectivity index is 1.15. The second-order valence-corrected chi connectivity index (χ2v) is 12.0. The molecule has 5 nitrogen and oxygen atoms in total. The number of hydrogen-bond acceptors (Lipinski definition) is 4. The Labute approximate surface area is 270 Å². The van der Waals surface area contributed by atoms with Gasteiger partial charge in [0.2, 0.25) is 0 Å². The van der Waals surface area contributed by atoms with E-state index >= 15 is 0 Å². The van der Waals surface area contributed by atoms with Crippen molar-refractivity contribution in [3.05, 3.63) is 191 Å². The molecule has 0 bridgehead atoms. The lowest BCUT2D eigenvalue weighted by atomic mass is 9.77. The molecule has 1 aliphatic heterocycles. The third kappa shape index (κ3) is 5.95. The lowest BCUT2D eigenvalue weighted by Crippen LogP contribution is -2.47. The fourth-order valence-electron chi connectivity index (χ4n) is 6.77. The summed E-state index contributed by atoms with van der Waals surface area (Å²) in [7, 11) is 0. The predicted molar refractivity (Wildman–Crippen MR) is 181 cm³/mol. The third-order valence-corrected chi connectivity index (χ3v) is 9.16. The quantitative estimate of drug-likeness (QED) is 0.158. The molecule has 0 N–H and O–H groups in total. The number of nitrogens with zero attached hydrogens (tertiary/aromatic N) is 5. The third-order valence-electron chi connectivity index (χ3n) is 8.91. The smallest absolute Gasteiger partial charge is 0.121 e. The van der Waals surface area contributed by atoms with E-state index in [1.54, 1.807) is 0 Å². The van der Waals surface area contributed by atoms with Gasteiger partial charge in [0, 0.05) is 50.1 Å². The molecule has 2 aromatic heterocycles. The second kappa shape index (κ2) is 13.2. The molecule has 4 aromatic carbocycles. The predicted octanol–water partition coefficient (Wildman–Crippen LogP) is 7.68. The zero-order valence-electron chi connectivity index (χ0n) is 25.2. The highest BCUT2D eigenvalue weighted by Gasteiger charge is 2.38. The number of halogens is 1. The Kier molecular flexibility index (Phi) is 8.56. The number of pyridine rings is 1. The molecule has 1 atom stereocenters. The first-order valence-corrected chi connectivity index (χ1v) is 15.9. The maximum atomic E-state index is 6.23. The van der Waals surface area contributed by atoms with Crippen LogP contribution in [0, 0.1) is 0 Å². The first-order chi connectivity index (χ1) is 22.2. The monoisotopic (exact) mass is 609 g/mol. The minimum Gasteiger partial charge on any atom is -0.319 e. The summed E-state index contributed by atoms with van der Waals surface area (Å²) in [6.45, 7) is 4.57. The van der Waals surface area contributed by atoms with Crippen LogP contribution in [0.2, 0.25) is 5.02 Å². The van der Waals surface area contributed by atoms with Crippen LogP contribution in [-0.2, 0) is 12.1 Å². The van der Waals surface area contributed by atoms with Crippen LogP contribution in [0.25, 0.3) is 0 Å². The number of hydrogen-bond donors (Lipinski definition) is 0. The lowest BCUT2D eigenvalue weighted by Gasteiger charge is -2.39. The number of rotatable bonds is 9. The van der Waals surface area contributed by atoms with Crippen LogP contribution in [0.4, 0.5) is 0 Å². The Morgan fingerprint density at radius 1 is 0.622 bits per heavy atom. The van der Waals surface area contributed by atoms with E-state index in [0.717, 1.165) is 49.1 Å². The van der Waals surface area contributed by atoms with Crippen molar-refractivity contribution >= 4 is 11.6 Å². The van der Waals surface area contributed by atoms with Gasteiger partial charge in [-0.1, -0.05) is 121 Å². The molecule has 6 heteroatoms. The SMILES string of the molecule is Clc1ccc(C(c2ccccn2)N2CCN(Cc3cn(C(c4ccccc4)(c4ccccc4)c4ccccc4)cn3)CC2)cc1. The van der Waals surface area contributed by atoms with Gasteiger partial charge in [0.1, 0.15) is 5.54 Å². The van der Waals surface area contributed by atoms with Gasteiger partial charge in [0.25, 0.3) is 0 Å². The average molecular weight is 610 g/mol. The number of imidazole rings is 1. The van der Waals surface area contributed by atoms with Gasteiger partial charge in [-0.2, -0.15) is 0 Å². The molecule has 6 aromatic rings. The first kappa shape index (κ1) is 29.2. The molecule has 1 saturated heterocycles. The van der Waals surface area contributed by atoms with Gasteiger partial charge in [-0.3, -0.25) is 14.8 Å². The van der Waals surface area contributed by atoms with Gasteiger partial charge in [-0.25, -0.2) is 4.98 Å². The van der Waals surface area contributed by atoms with Crippen molar-refractivity contribution < 1.29 is 0 Å². The maximum absolute atomic E-state index is 6.23. The molecule has 1 unspecified atom stereocenters. The summed E-state index contributed by atoms with van der Waals surface area (Å²) in [5.41, 5.74) is 6.38. The largest absolute Gasteiger partial charge is 0.319 e. The van der Waals surface area contributed by atoms with Gasteiger partial charge in [-0.05, 0) is 46.5 Å². The van der Waals surface area contributed by atoms with Gasteiger partial charge < -0.3 is 4.57 Å². The Hall–Kier alpha value is -4.55. The molecule has 0 saturated carbocycles. The van der Waals surface area contributed by atoms with Crippen molar-refractivity contribution in [2.75, 3.05) is 26.2 Å². The molecular weight excluding hydrogens is 574 g/mol. The molecule has 1 fully saturated rings. The van der Waals surface area contributed by atoms with E-state index in [2.05, 4.69) is 136 Å². The number of benzene rings is 4. The van der Waals surface area contributed by atoms with Crippen molar-refractivity contribution in [1.82, 2.24) is 24.3 Å². The van der Waals surface area contributed by atoms with E-state index < -0.39 is 5.54 Å². The van der Waals surface area contributed by atoms with Crippen LogP contribution in [0.15, 0.2) is 152 Å². The summed E-state index contributed by atoms with van der Waals surface area (Å²) in [5, 5.41) is 0.749. The number of aromatic nitrogens is 3. The van der Waals surface area contributed by atoms with Crippen LogP contribution < -0.4 is 0 Å². The first-order valence-electron chi connectivity index (χ1n) is 15.5. The van der Waals surface area contributed by atoms with Crippen LogP contribution in [0.5, 0.6) is 0 Å². The van der Waals surface area contributed by atoms with Gasteiger partial charge in [0.05, 0.1) is 23.8 Å². The van der Waals surface area contributed by atoms with Crippen molar-refractivity contribution in [3.63, 3.8) is 0 Å². The summed E-state index contributed by atoms with van der Waals surface area (Å²) in [6, 6.07) is 46.7. The fourth-order valence-corrected chi connectivity index (χ4v) is 6.90. The maximum Gasteiger partial charge on any atom is 0.121 e. The Morgan fingerprint density at radius 3 is 1.71 bits per heavy atom. The topological polar surface area (TPSA) is 37.2 Å². The van der Waals surface area contributed by atoms with E-state index in [1.165, 1.54) is 22.3 Å². The highest BCUT2D eigenvalue weighted by molar-refractivity contribution is 6.30. The lowest BCUT2D eigenvalue weighted by molar-refractivity contribution is 0.103. The van der Waals surface area contributed by atoms with E-state index in [0.29, 0.717) is 0 Å². The Morgan fingerprint density at radius 2 is 1.18 bits per heavy atom. The molecule has 0 amide bonds. The van der Waals surface area contributed by atoms with Crippen LogP contribution in [-0.4, -0.2) is 50.5 Å². The Bertz CT molecular complexity index is 1690. The highest BCUT2D eigenvalue weighted by Crippen LogP contribution is 2.41. The normalized spacial score (nSPS) is 15.1. The summed E-state index contributed by atoms with van der Waals surface area (Å²) >= 11 is 6.23. The van der Waals surface area contributed by atoms with Gasteiger partial charge in [0.15, 0.2) is 0 Å². The van der Waals surface area contributed by atoms with Gasteiger partial charge in [-0.15, -0.1) is 0 Å². The zero-order valence-corrected chi connectivity index (χ0v) is 25.9. The number of piperazine rings is 1. The van der Waals surface area contributed by atoms with Crippen LogP contribution in [0.1, 0.15) is 39.7 Å².